The molecule has 2 aromatic rings. The molecule has 2 rings (SSSR count). The highest BCUT2D eigenvalue weighted by atomic mass is 79.9. The summed E-state index contributed by atoms with van der Waals surface area (Å²) >= 11 is 5.11. The van der Waals surface area contributed by atoms with Crippen molar-refractivity contribution < 1.29 is 0 Å². The molecule has 0 saturated carbocycles. The number of thiazole rings is 1. The molecule has 4 heteroatoms. The molecule has 0 aliphatic carbocycles. The van der Waals surface area contributed by atoms with Crippen LogP contribution in [-0.4, -0.2) is 11.5 Å². The molecule has 1 N–H and O–H groups in total. The first-order chi connectivity index (χ1) is 7.34. The maximum absolute atomic E-state index is 4.23. The molecular formula is C11H11BrN2S. The summed E-state index contributed by atoms with van der Waals surface area (Å²) in [5.41, 5.74) is 1.15. The van der Waals surface area contributed by atoms with E-state index in [1.54, 1.807) is 11.3 Å². The number of nitrogens with zero attached hydrogens (tertiary/aromatic N) is 1. The molecule has 78 valence electrons. The van der Waals surface area contributed by atoms with Crippen LogP contribution in [0.4, 0.5) is 5.69 Å². The van der Waals surface area contributed by atoms with Gasteiger partial charge in [0.05, 0.1) is 5.01 Å². The third kappa shape index (κ3) is 3.32. The molecule has 0 aliphatic heterocycles. The lowest BCUT2D eigenvalue weighted by Gasteiger charge is -2.04. The average Bonchev–Trinajstić information content (AvgIpc) is 2.74. The normalized spacial score (nSPS) is 10.2. The summed E-state index contributed by atoms with van der Waals surface area (Å²) in [5.74, 6) is 0. The number of nitrogens with one attached hydrogen (secondary N) is 1. The van der Waals surface area contributed by atoms with Crippen LogP contribution >= 0.6 is 27.3 Å². The van der Waals surface area contributed by atoms with E-state index in [-0.39, 0.29) is 0 Å². The number of halogens is 1. The molecule has 0 saturated heterocycles. The molecule has 2 nitrogen and oxygen atoms in total. The van der Waals surface area contributed by atoms with Gasteiger partial charge in [0.2, 0.25) is 0 Å². The van der Waals surface area contributed by atoms with E-state index in [0.717, 1.165) is 23.1 Å². The van der Waals surface area contributed by atoms with Crippen LogP contribution in [-0.2, 0) is 6.42 Å². The van der Waals surface area contributed by atoms with Gasteiger partial charge in [0.15, 0.2) is 0 Å². The van der Waals surface area contributed by atoms with Crippen LogP contribution in [0.5, 0.6) is 0 Å². The maximum Gasteiger partial charge on any atom is 0.0942 e. The zero-order valence-electron chi connectivity index (χ0n) is 8.11. The topological polar surface area (TPSA) is 24.9 Å². The van der Waals surface area contributed by atoms with E-state index in [0.29, 0.717) is 0 Å². The fraction of sp³-hybridized carbons (Fsp3) is 0.182. The summed E-state index contributed by atoms with van der Waals surface area (Å²) in [7, 11) is 0. The van der Waals surface area contributed by atoms with Crippen molar-refractivity contribution in [2.24, 2.45) is 0 Å². The Morgan fingerprint density at radius 2 is 2.07 bits per heavy atom. The second-order valence-corrected chi connectivity index (χ2v) is 5.00. The predicted octanol–water partition coefficient (Wildman–Crippen LogP) is 3.56. The van der Waals surface area contributed by atoms with Gasteiger partial charge < -0.3 is 5.32 Å². The van der Waals surface area contributed by atoms with E-state index >= 15 is 0 Å². The van der Waals surface area contributed by atoms with Gasteiger partial charge in [-0.2, -0.15) is 0 Å². The van der Waals surface area contributed by atoms with E-state index in [9.17, 15) is 0 Å². The number of aromatic nitrogens is 1. The number of rotatable bonds is 4. The maximum atomic E-state index is 4.23. The smallest absolute Gasteiger partial charge is 0.0942 e. The van der Waals surface area contributed by atoms with Crippen molar-refractivity contribution in [1.82, 2.24) is 4.98 Å². The van der Waals surface area contributed by atoms with E-state index < -0.39 is 0 Å². The Bertz CT molecular complexity index is 397. The quantitative estimate of drug-likeness (QED) is 0.928. The van der Waals surface area contributed by atoms with Crippen LogP contribution in [0.2, 0.25) is 0 Å². The second-order valence-electron chi connectivity index (χ2n) is 3.11. The van der Waals surface area contributed by atoms with E-state index in [2.05, 4.69) is 38.4 Å². The van der Waals surface area contributed by atoms with Crippen LogP contribution < -0.4 is 5.32 Å². The first-order valence-electron chi connectivity index (χ1n) is 4.72. The molecule has 1 heterocycles. The minimum atomic E-state index is 0.926. The highest BCUT2D eigenvalue weighted by Crippen LogP contribution is 2.14. The molecule has 0 unspecified atom stereocenters. The second kappa shape index (κ2) is 5.28. The van der Waals surface area contributed by atoms with Crippen LogP contribution in [0.15, 0.2) is 40.3 Å². The zero-order valence-corrected chi connectivity index (χ0v) is 10.5. The lowest BCUT2D eigenvalue weighted by molar-refractivity contribution is 0.998. The Balaban J connectivity index is 1.81. The summed E-state index contributed by atoms with van der Waals surface area (Å²) in [5, 5.41) is 6.55. The first-order valence-corrected chi connectivity index (χ1v) is 6.40. The molecule has 1 aromatic carbocycles. The minimum Gasteiger partial charge on any atom is -0.385 e. The SMILES string of the molecule is Brc1ccc(NCCc2nccs2)cc1. The zero-order chi connectivity index (χ0) is 10.5. The third-order valence-electron chi connectivity index (χ3n) is 2.00. The summed E-state index contributed by atoms with van der Waals surface area (Å²) in [6.45, 7) is 0.926. The number of anilines is 1. The van der Waals surface area contributed by atoms with Crippen LogP contribution in [0.1, 0.15) is 5.01 Å². The van der Waals surface area contributed by atoms with Crippen molar-refractivity contribution in [3.63, 3.8) is 0 Å². The Labute approximate surface area is 101 Å². The van der Waals surface area contributed by atoms with E-state index in [1.165, 1.54) is 5.01 Å². The molecule has 0 spiro atoms. The molecule has 1 aromatic heterocycles. The van der Waals surface area contributed by atoms with Gasteiger partial charge in [0, 0.05) is 34.7 Å². The number of benzene rings is 1. The lowest BCUT2D eigenvalue weighted by Crippen LogP contribution is -2.04. The molecule has 0 bridgehead atoms. The van der Waals surface area contributed by atoms with Gasteiger partial charge in [-0.05, 0) is 24.3 Å². The lowest BCUT2D eigenvalue weighted by atomic mass is 10.3. The fourth-order valence-corrected chi connectivity index (χ4v) is 2.14. The minimum absolute atomic E-state index is 0.926. The summed E-state index contributed by atoms with van der Waals surface area (Å²) in [6, 6.07) is 8.19. The van der Waals surface area contributed by atoms with Gasteiger partial charge in [0.25, 0.3) is 0 Å². The van der Waals surface area contributed by atoms with Crippen molar-refractivity contribution in [3.05, 3.63) is 45.3 Å². The van der Waals surface area contributed by atoms with Gasteiger partial charge in [0.1, 0.15) is 0 Å². The molecule has 0 atom stereocenters. The van der Waals surface area contributed by atoms with Gasteiger partial charge >= 0.3 is 0 Å². The van der Waals surface area contributed by atoms with Crippen LogP contribution in [0.3, 0.4) is 0 Å². The number of hydrogen-bond donors (Lipinski definition) is 1. The number of hydrogen-bond acceptors (Lipinski definition) is 3. The Hall–Kier alpha value is -0.870. The fourth-order valence-electron chi connectivity index (χ4n) is 1.26. The third-order valence-corrected chi connectivity index (χ3v) is 3.36. The van der Waals surface area contributed by atoms with E-state index in [1.807, 2.05) is 23.7 Å². The molecular weight excluding hydrogens is 272 g/mol. The first kappa shape index (κ1) is 10.6. The summed E-state index contributed by atoms with van der Waals surface area (Å²) in [6.07, 6.45) is 2.83. The van der Waals surface area contributed by atoms with Gasteiger partial charge in [-0.3, -0.25) is 0 Å². The van der Waals surface area contributed by atoms with Crippen molar-refractivity contribution in [2.45, 2.75) is 6.42 Å². The summed E-state index contributed by atoms with van der Waals surface area (Å²) in [4.78, 5) is 4.23. The Kier molecular flexibility index (Phi) is 3.75. The van der Waals surface area contributed by atoms with E-state index in [4.69, 9.17) is 0 Å². The highest BCUT2D eigenvalue weighted by Gasteiger charge is 1.95. The Morgan fingerprint density at radius 3 is 2.73 bits per heavy atom. The van der Waals surface area contributed by atoms with Crippen molar-refractivity contribution in [2.75, 3.05) is 11.9 Å². The van der Waals surface area contributed by atoms with Crippen molar-refractivity contribution in [3.8, 4) is 0 Å². The van der Waals surface area contributed by atoms with Crippen LogP contribution in [0, 0.1) is 0 Å². The molecule has 0 radical (unpaired) electrons. The van der Waals surface area contributed by atoms with Gasteiger partial charge in [-0.25, -0.2) is 4.98 Å². The van der Waals surface area contributed by atoms with Crippen molar-refractivity contribution in [1.29, 1.82) is 0 Å². The average molecular weight is 283 g/mol. The highest BCUT2D eigenvalue weighted by molar-refractivity contribution is 9.10. The largest absolute Gasteiger partial charge is 0.385 e. The van der Waals surface area contributed by atoms with Crippen LogP contribution in [0.25, 0.3) is 0 Å². The van der Waals surface area contributed by atoms with Gasteiger partial charge in [-0.15, -0.1) is 11.3 Å². The molecule has 0 aliphatic rings. The Morgan fingerprint density at radius 1 is 1.27 bits per heavy atom. The molecule has 0 fully saturated rings. The van der Waals surface area contributed by atoms with Crippen molar-refractivity contribution >= 4 is 33.0 Å². The summed E-state index contributed by atoms with van der Waals surface area (Å²) < 4.78 is 1.10. The standard InChI is InChI=1S/C11H11BrN2S/c12-9-1-3-10(4-2-9)13-6-5-11-14-7-8-15-11/h1-4,7-8,13H,5-6H2. The molecule has 0 amide bonds. The van der Waals surface area contributed by atoms with Gasteiger partial charge in [-0.1, -0.05) is 15.9 Å². The monoisotopic (exact) mass is 282 g/mol. The molecule has 15 heavy (non-hydrogen) atoms. The predicted molar refractivity (Wildman–Crippen MR) is 68.4 cm³/mol.